The van der Waals surface area contributed by atoms with Crippen molar-refractivity contribution in [3.63, 3.8) is 0 Å². The second-order valence-corrected chi connectivity index (χ2v) is 8.87. The number of fused-ring (bicyclic) bond motifs is 1. The molecule has 1 aliphatic heterocycles. The molecule has 3 amide bonds. The molecule has 0 aliphatic carbocycles. The molecule has 1 aliphatic rings. The van der Waals surface area contributed by atoms with Crippen molar-refractivity contribution < 1.29 is 23.8 Å². The summed E-state index contributed by atoms with van der Waals surface area (Å²) in [5, 5.41) is 17.5. The summed E-state index contributed by atoms with van der Waals surface area (Å²) in [4.78, 5) is 25.7. The Kier molecular flexibility index (Phi) is 7.66. The predicted molar refractivity (Wildman–Crippen MR) is 133 cm³/mol. The number of carbonyl (C=O) groups excluding carboxylic acids is 2. The van der Waals surface area contributed by atoms with E-state index in [1.165, 1.54) is 11.3 Å². The summed E-state index contributed by atoms with van der Waals surface area (Å²) in [7, 11) is 0. The van der Waals surface area contributed by atoms with Gasteiger partial charge in [0.15, 0.2) is 11.5 Å². The smallest absolute Gasteiger partial charge is 0.319 e. The Bertz CT molecular complexity index is 1180. The average molecular weight is 498 g/mol. The molecule has 11 heteroatoms. The van der Waals surface area contributed by atoms with Gasteiger partial charge in [-0.05, 0) is 55.3 Å². The van der Waals surface area contributed by atoms with Gasteiger partial charge in [0.05, 0.1) is 6.61 Å². The number of hydrogen-bond donors (Lipinski definition) is 3. The van der Waals surface area contributed by atoms with Gasteiger partial charge in [-0.15, -0.1) is 10.2 Å². The molecule has 35 heavy (non-hydrogen) atoms. The molecule has 0 radical (unpaired) electrons. The van der Waals surface area contributed by atoms with Crippen LogP contribution in [0.1, 0.15) is 27.2 Å². The van der Waals surface area contributed by atoms with Crippen molar-refractivity contribution in [1.82, 2.24) is 15.5 Å². The monoisotopic (exact) mass is 497 g/mol. The van der Waals surface area contributed by atoms with Gasteiger partial charge in [0.2, 0.25) is 17.8 Å². The first-order chi connectivity index (χ1) is 17.0. The minimum absolute atomic E-state index is 0.109. The lowest BCUT2D eigenvalue weighted by Gasteiger charge is -2.23. The number of ether oxygens (including phenoxy) is 3. The molecule has 2 aromatic carbocycles. The van der Waals surface area contributed by atoms with Gasteiger partial charge in [-0.3, -0.25) is 10.1 Å². The van der Waals surface area contributed by atoms with Gasteiger partial charge in [0, 0.05) is 11.3 Å². The van der Waals surface area contributed by atoms with Crippen molar-refractivity contribution in [1.29, 1.82) is 0 Å². The maximum Gasteiger partial charge on any atom is 0.319 e. The van der Waals surface area contributed by atoms with Crippen LogP contribution in [0.15, 0.2) is 42.5 Å². The predicted octanol–water partition coefficient (Wildman–Crippen LogP) is 4.51. The minimum atomic E-state index is -0.763. The van der Waals surface area contributed by atoms with Crippen molar-refractivity contribution in [2.45, 2.75) is 33.2 Å². The Hall–Kier alpha value is -3.86. The number of amides is 3. The van der Waals surface area contributed by atoms with E-state index in [0.29, 0.717) is 46.1 Å². The molecule has 0 saturated carbocycles. The topological polar surface area (TPSA) is 124 Å². The SMILES string of the molecule is CCOc1ccc(NC(=O)N[C@@H](C(=O)Nc2nnc(-c3ccc4c(c3)OCO4)s2)[C@@H](C)CC)cc1. The Morgan fingerprint density at radius 1 is 1.06 bits per heavy atom. The minimum Gasteiger partial charge on any atom is -0.494 e. The highest BCUT2D eigenvalue weighted by Gasteiger charge is 2.27. The number of anilines is 2. The van der Waals surface area contributed by atoms with Crippen molar-refractivity contribution in [2.24, 2.45) is 5.92 Å². The second kappa shape index (κ2) is 11.0. The summed E-state index contributed by atoms with van der Waals surface area (Å²) in [6.07, 6.45) is 0.694. The quantitative estimate of drug-likeness (QED) is 0.397. The Labute approximate surface area is 207 Å². The summed E-state index contributed by atoms with van der Waals surface area (Å²) < 4.78 is 16.2. The van der Waals surface area contributed by atoms with Crippen molar-refractivity contribution >= 4 is 34.1 Å². The van der Waals surface area contributed by atoms with Crippen LogP contribution < -0.4 is 30.2 Å². The van der Waals surface area contributed by atoms with Crippen LogP contribution in [-0.2, 0) is 4.79 Å². The first kappa shape index (κ1) is 24.3. The van der Waals surface area contributed by atoms with Crippen LogP contribution in [0.3, 0.4) is 0 Å². The Morgan fingerprint density at radius 2 is 1.83 bits per heavy atom. The van der Waals surface area contributed by atoms with Crippen molar-refractivity contribution in [3.05, 3.63) is 42.5 Å². The molecule has 184 valence electrons. The molecule has 2 atom stereocenters. The number of nitrogens with one attached hydrogen (secondary N) is 3. The number of hydrogen-bond acceptors (Lipinski definition) is 8. The highest BCUT2D eigenvalue weighted by atomic mass is 32.1. The maximum atomic E-state index is 13.0. The van der Waals surface area contributed by atoms with Crippen LogP contribution in [0.25, 0.3) is 10.6 Å². The van der Waals surface area contributed by atoms with Crippen molar-refractivity contribution in [2.75, 3.05) is 24.0 Å². The molecule has 0 bridgehead atoms. The lowest BCUT2D eigenvalue weighted by molar-refractivity contribution is -0.119. The number of aromatic nitrogens is 2. The zero-order valence-corrected chi connectivity index (χ0v) is 20.5. The third-order valence-corrected chi connectivity index (χ3v) is 6.37. The Morgan fingerprint density at radius 3 is 2.57 bits per heavy atom. The average Bonchev–Trinajstić information content (AvgIpc) is 3.52. The highest BCUT2D eigenvalue weighted by molar-refractivity contribution is 7.18. The molecule has 0 fully saturated rings. The van der Waals surface area contributed by atoms with Crippen molar-refractivity contribution in [3.8, 4) is 27.8 Å². The van der Waals surface area contributed by atoms with Gasteiger partial charge in [-0.25, -0.2) is 4.79 Å². The van der Waals surface area contributed by atoms with Gasteiger partial charge in [-0.2, -0.15) is 0 Å². The standard InChI is InChI=1S/C24H27N5O5S/c1-4-14(3)20(26-23(31)25-16-7-9-17(10-8-16)32-5-2)21(30)27-24-29-28-22(35-24)15-6-11-18-19(12-15)34-13-33-18/h6-12,14,20H,4-5,13H2,1-3H3,(H2,25,26,31)(H,27,29,30)/t14-,20+/m0/s1. The van der Waals surface area contributed by atoms with Gasteiger partial charge in [0.1, 0.15) is 16.8 Å². The van der Waals surface area contributed by atoms with Gasteiger partial charge >= 0.3 is 6.03 Å². The number of benzene rings is 2. The maximum absolute atomic E-state index is 13.0. The second-order valence-electron chi connectivity index (χ2n) is 7.89. The summed E-state index contributed by atoms with van der Waals surface area (Å²) in [5.41, 5.74) is 1.39. The first-order valence-electron chi connectivity index (χ1n) is 11.3. The van der Waals surface area contributed by atoms with E-state index in [1.54, 1.807) is 24.3 Å². The van der Waals surface area contributed by atoms with Gasteiger partial charge in [0.25, 0.3) is 0 Å². The summed E-state index contributed by atoms with van der Waals surface area (Å²) in [6.45, 7) is 6.51. The number of carbonyl (C=O) groups is 2. The largest absolute Gasteiger partial charge is 0.494 e. The molecule has 0 saturated heterocycles. The van der Waals surface area contributed by atoms with E-state index in [0.717, 1.165) is 5.56 Å². The summed E-state index contributed by atoms with van der Waals surface area (Å²) >= 11 is 1.23. The van der Waals surface area contributed by atoms with E-state index in [9.17, 15) is 9.59 Å². The zero-order valence-electron chi connectivity index (χ0n) is 19.7. The fourth-order valence-electron chi connectivity index (χ4n) is 3.41. The molecule has 3 N–H and O–H groups in total. The molecule has 0 spiro atoms. The van der Waals surface area contributed by atoms with E-state index in [-0.39, 0.29) is 18.6 Å². The zero-order chi connectivity index (χ0) is 24.8. The Balaban J connectivity index is 1.39. The molecular formula is C24H27N5O5S. The van der Waals surface area contributed by atoms with E-state index in [1.807, 2.05) is 39.0 Å². The van der Waals surface area contributed by atoms with E-state index in [4.69, 9.17) is 14.2 Å². The molecule has 2 heterocycles. The van der Waals surface area contributed by atoms with Crippen LogP contribution in [0.4, 0.5) is 15.6 Å². The molecule has 10 nitrogen and oxygen atoms in total. The van der Waals surface area contributed by atoms with Crippen LogP contribution in [0.2, 0.25) is 0 Å². The fourth-order valence-corrected chi connectivity index (χ4v) is 4.16. The van der Waals surface area contributed by atoms with E-state index >= 15 is 0 Å². The molecular weight excluding hydrogens is 470 g/mol. The fraction of sp³-hybridized carbons (Fsp3) is 0.333. The molecule has 1 aromatic heterocycles. The highest BCUT2D eigenvalue weighted by Crippen LogP contribution is 2.37. The van der Waals surface area contributed by atoms with Crippen LogP contribution in [0.5, 0.6) is 17.2 Å². The van der Waals surface area contributed by atoms with Crippen LogP contribution >= 0.6 is 11.3 Å². The third kappa shape index (κ3) is 5.99. The van der Waals surface area contributed by atoms with E-state index < -0.39 is 12.1 Å². The normalized spacial score (nSPS) is 13.6. The van der Waals surface area contributed by atoms with E-state index in [2.05, 4.69) is 26.1 Å². The number of nitrogens with zero attached hydrogens (tertiary/aromatic N) is 2. The van der Waals surface area contributed by atoms with Gasteiger partial charge in [-0.1, -0.05) is 31.6 Å². The molecule has 0 unspecified atom stereocenters. The molecule has 3 aromatic rings. The van der Waals surface area contributed by atoms with Crippen LogP contribution in [-0.4, -0.2) is 41.6 Å². The lowest BCUT2D eigenvalue weighted by atomic mass is 9.98. The summed E-state index contributed by atoms with van der Waals surface area (Å²) in [5.74, 6) is 1.56. The molecule has 4 rings (SSSR count). The first-order valence-corrected chi connectivity index (χ1v) is 12.1. The summed E-state index contributed by atoms with van der Waals surface area (Å²) in [6, 6.07) is 11.3. The third-order valence-electron chi connectivity index (χ3n) is 5.48. The number of rotatable bonds is 9. The van der Waals surface area contributed by atoms with Crippen LogP contribution in [0, 0.1) is 5.92 Å². The number of urea groups is 1. The van der Waals surface area contributed by atoms with Gasteiger partial charge < -0.3 is 24.8 Å². The lowest BCUT2D eigenvalue weighted by Crippen LogP contribution is -2.49.